The van der Waals surface area contributed by atoms with Crippen LogP contribution in [0, 0.1) is 11.3 Å². The molecule has 0 atom stereocenters. The van der Waals surface area contributed by atoms with Crippen LogP contribution in [-0.4, -0.2) is 5.78 Å². The Morgan fingerprint density at radius 1 is 1.42 bits per heavy atom. The first-order valence-corrected chi connectivity index (χ1v) is 4.19. The summed E-state index contributed by atoms with van der Waals surface area (Å²) in [5.41, 5.74) is 1.21. The lowest BCUT2D eigenvalue weighted by atomic mass is 10.1. The zero-order chi connectivity index (χ0) is 9.40. The highest BCUT2D eigenvalue weighted by Crippen LogP contribution is 2.05. The molecular weight excluding hydrogens is 150 g/mol. The topological polar surface area (TPSA) is 40.9 Å². The Kier molecular flexibility index (Phi) is 6.00. The molecule has 2 nitrogen and oxygen atoms in total. The third-order valence-electron chi connectivity index (χ3n) is 1.62. The predicted octanol–water partition coefficient (Wildman–Crippen LogP) is 2.61. The maximum Gasteiger partial charge on any atom is 0.130 e. The zero-order valence-corrected chi connectivity index (χ0v) is 7.76. The van der Waals surface area contributed by atoms with Gasteiger partial charge in [-0.3, -0.25) is 0 Å². The predicted molar refractivity (Wildman–Crippen MR) is 48.5 cm³/mol. The highest BCUT2D eigenvalue weighted by molar-refractivity contribution is 5.75. The summed E-state index contributed by atoms with van der Waals surface area (Å²) in [6.45, 7) is 3.59. The van der Waals surface area contributed by atoms with Gasteiger partial charge in [0.1, 0.15) is 5.78 Å². The van der Waals surface area contributed by atoms with E-state index in [2.05, 4.69) is 6.07 Å². The summed E-state index contributed by atoms with van der Waals surface area (Å²) in [7, 11) is 0. The van der Waals surface area contributed by atoms with Crippen LogP contribution in [0.5, 0.6) is 0 Å². The number of carbonyl (C=O) groups excluding carboxylic acids is 1. The van der Waals surface area contributed by atoms with E-state index in [9.17, 15) is 4.79 Å². The largest absolute Gasteiger partial charge is 0.300 e. The van der Waals surface area contributed by atoms with Crippen molar-refractivity contribution < 1.29 is 4.79 Å². The third kappa shape index (κ3) is 7.01. The van der Waals surface area contributed by atoms with E-state index in [1.807, 2.05) is 13.0 Å². The van der Waals surface area contributed by atoms with Crippen LogP contribution >= 0.6 is 0 Å². The van der Waals surface area contributed by atoms with Crippen molar-refractivity contribution in [2.75, 3.05) is 0 Å². The number of rotatable bonds is 5. The molecule has 0 radical (unpaired) electrons. The molecule has 0 aromatic carbocycles. The molecule has 0 amide bonds. The Balaban J connectivity index is 3.56. The summed E-state index contributed by atoms with van der Waals surface area (Å²) in [6.07, 6.45) is 4.87. The van der Waals surface area contributed by atoms with E-state index in [-0.39, 0.29) is 5.78 Å². The Bertz CT molecular complexity index is 210. The van der Waals surface area contributed by atoms with Crippen molar-refractivity contribution in [3.63, 3.8) is 0 Å². The summed E-state index contributed by atoms with van der Waals surface area (Å²) in [4.78, 5) is 10.6. The Morgan fingerprint density at radius 2 is 2.08 bits per heavy atom. The summed E-state index contributed by atoms with van der Waals surface area (Å²) < 4.78 is 0. The third-order valence-corrected chi connectivity index (χ3v) is 1.62. The fourth-order valence-corrected chi connectivity index (χ4v) is 0.877. The van der Waals surface area contributed by atoms with Crippen molar-refractivity contribution in [1.82, 2.24) is 0 Å². The van der Waals surface area contributed by atoms with Gasteiger partial charge in [0.25, 0.3) is 0 Å². The molecule has 66 valence electrons. The number of carbonyl (C=O) groups is 1. The number of hydrogen-bond acceptors (Lipinski definition) is 2. The van der Waals surface area contributed by atoms with Crippen LogP contribution in [0.1, 0.15) is 39.5 Å². The van der Waals surface area contributed by atoms with Gasteiger partial charge in [-0.2, -0.15) is 5.26 Å². The van der Waals surface area contributed by atoms with Gasteiger partial charge in [0.2, 0.25) is 0 Å². The molecule has 0 N–H and O–H groups in total. The fraction of sp³-hybridized carbons (Fsp3) is 0.600. The number of Topliss-reactive ketones (excluding diaryl/α,β-unsaturated/α-hetero) is 1. The summed E-state index contributed by atoms with van der Waals surface area (Å²) in [6, 6.07) is 2.09. The van der Waals surface area contributed by atoms with Crippen molar-refractivity contribution in [3.8, 4) is 6.07 Å². The van der Waals surface area contributed by atoms with Crippen LogP contribution in [0.4, 0.5) is 0 Å². The van der Waals surface area contributed by atoms with Crippen LogP contribution in [0.2, 0.25) is 0 Å². The minimum Gasteiger partial charge on any atom is -0.300 e. The second kappa shape index (κ2) is 6.60. The van der Waals surface area contributed by atoms with E-state index in [4.69, 9.17) is 5.26 Å². The van der Waals surface area contributed by atoms with Gasteiger partial charge >= 0.3 is 0 Å². The standard InChI is InChI=1S/C10H15NO/c1-9(6-4-8-11)5-3-7-10(2)12/h5H,3-4,6-7H2,1-2H3/b9-5+. The normalized spacial score (nSPS) is 10.9. The fourth-order valence-electron chi connectivity index (χ4n) is 0.877. The average molecular weight is 165 g/mol. The highest BCUT2D eigenvalue weighted by atomic mass is 16.1. The van der Waals surface area contributed by atoms with Gasteiger partial charge in [-0.05, 0) is 26.7 Å². The second-order valence-electron chi connectivity index (χ2n) is 2.95. The highest BCUT2D eigenvalue weighted by Gasteiger charge is 1.92. The maximum atomic E-state index is 10.6. The lowest BCUT2D eigenvalue weighted by Crippen LogP contribution is -1.87. The first-order valence-electron chi connectivity index (χ1n) is 4.19. The lowest BCUT2D eigenvalue weighted by molar-refractivity contribution is -0.116. The summed E-state index contributed by atoms with van der Waals surface area (Å²) in [5.74, 6) is 0.222. The van der Waals surface area contributed by atoms with E-state index >= 15 is 0 Å². The molecule has 0 aliphatic heterocycles. The molecule has 0 heterocycles. The second-order valence-corrected chi connectivity index (χ2v) is 2.95. The molecule has 12 heavy (non-hydrogen) atoms. The van der Waals surface area contributed by atoms with Crippen molar-refractivity contribution in [2.24, 2.45) is 0 Å². The van der Waals surface area contributed by atoms with Gasteiger partial charge < -0.3 is 4.79 Å². The molecule has 0 aliphatic rings. The minimum absolute atomic E-state index is 0.222. The van der Waals surface area contributed by atoms with Crippen molar-refractivity contribution >= 4 is 5.78 Å². The monoisotopic (exact) mass is 165 g/mol. The van der Waals surface area contributed by atoms with E-state index in [1.165, 1.54) is 5.57 Å². The summed E-state index contributed by atoms with van der Waals surface area (Å²) >= 11 is 0. The zero-order valence-electron chi connectivity index (χ0n) is 7.76. The average Bonchev–Trinajstić information content (AvgIpc) is 2.00. The molecule has 0 spiro atoms. The lowest BCUT2D eigenvalue weighted by Gasteiger charge is -1.95. The molecule has 2 heteroatoms. The minimum atomic E-state index is 0.222. The van der Waals surface area contributed by atoms with Gasteiger partial charge in [0.05, 0.1) is 6.07 Å². The smallest absolute Gasteiger partial charge is 0.130 e. The van der Waals surface area contributed by atoms with E-state index in [0.29, 0.717) is 12.8 Å². The van der Waals surface area contributed by atoms with Crippen LogP contribution in [0.3, 0.4) is 0 Å². The quantitative estimate of drug-likeness (QED) is 0.587. The number of hydrogen-bond donors (Lipinski definition) is 0. The van der Waals surface area contributed by atoms with Crippen LogP contribution in [0.25, 0.3) is 0 Å². The molecular formula is C10H15NO. The van der Waals surface area contributed by atoms with E-state index in [0.717, 1.165) is 12.8 Å². The molecule has 0 fully saturated rings. The number of nitrogens with zero attached hydrogens (tertiary/aromatic N) is 1. The number of allylic oxidation sites excluding steroid dienone is 2. The van der Waals surface area contributed by atoms with Gasteiger partial charge in [-0.1, -0.05) is 11.6 Å². The maximum absolute atomic E-state index is 10.6. The first-order chi connectivity index (χ1) is 5.66. The van der Waals surface area contributed by atoms with Crippen molar-refractivity contribution in [1.29, 1.82) is 5.26 Å². The molecule has 0 saturated heterocycles. The van der Waals surface area contributed by atoms with Gasteiger partial charge in [0.15, 0.2) is 0 Å². The van der Waals surface area contributed by atoms with Gasteiger partial charge in [-0.25, -0.2) is 0 Å². The SMILES string of the molecule is CC(=O)CC/C=C(\C)CCC#N. The molecule has 0 aromatic rings. The molecule has 0 aromatic heterocycles. The Labute approximate surface area is 73.9 Å². The number of ketones is 1. The molecule has 0 bridgehead atoms. The Morgan fingerprint density at radius 3 is 2.58 bits per heavy atom. The van der Waals surface area contributed by atoms with Crippen molar-refractivity contribution in [3.05, 3.63) is 11.6 Å². The Hall–Kier alpha value is -1.10. The molecule has 0 saturated carbocycles. The first kappa shape index (κ1) is 10.9. The summed E-state index contributed by atoms with van der Waals surface area (Å²) in [5, 5.41) is 8.30. The van der Waals surface area contributed by atoms with Crippen LogP contribution in [0.15, 0.2) is 11.6 Å². The molecule has 0 rings (SSSR count). The number of nitriles is 1. The van der Waals surface area contributed by atoms with Crippen molar-refractivity contribution in [2.45, 2.75) is 39.5 Å². The van der Waals surface area contributed by atoms with E-state index < -0.39 is 0 Å². The molecule has 0 unspecified atom stereocenters. The molecule has 0 aliphatic carbocycles. The van der Waals surface area contributed by atoms with Crippen LogP contribution in [-0.2, 0) is 4.79 Å². The van der Waals surface area contributed by atoms with Gasteiger partial charge in [0, 0.05) is 12.8 Å². The van der Waals surface area contributed by atoms with Gasteiger partial charge in [-0.15, -0.1) is 0 Å². The van der Waals surface area contributed by atoms with Crippen LogP contribution < -0.4 is 0 Å². The van der Waals surface area contributed by atoms with E-state index in [1.54, 1.807) is 6.92 Å².